The van der Waals surface area contributed by atoms with Crippen molar-refractivity contribution in [2.24, 2.45) is 0 Å². The lowest BCUT2D eigenvalue weighted by Gasteiger charge is -2.14. The fourth-order valence-electron chi connectivity index (χ4n) is 4.48. The summed E-state index contributed by atoms with van der Waals surface area (Å²) in [5.74, 6) is 0. The molecule has 1 aliphatic heterocycles. The molecule has 1 aromatic heterocycles. The number of amides is 2. The first-order chi connectivity index (χ1) is 17.2. The number of sulfonamides is 1. The molecule has 0 bridgehead atoms. The van der Waals surface area contributed by atoms with Crippen LogP contribution in [0.2, 0.25) is 0 Å². The number of hydrogen-bond donors (Lipinski definition) is 3. The summed E-state index contributed by atoms with van der Waals surface area (Å²) in [6, 6.07) is 20.9. The Bertz CT molecular complexity index is 1510. The molecule has 186 valence electrons. The van der Waals surface area contributed by atoms with Crippen LogP contribution in [0.5, 0.6) is 0 Å². The van der Waals surface area contributed by atoms with Crippen molar-refractivity contribution in [3.63, 3.8) is 0 Å². The number of anilines is 2. The summed E-state index contributed by atoms with van der Waals surface area (Å²) in [6.07, 6.45) is 3.81. The molecule has 1 aliphatic rings. The first kappa shape index (κ1) is 23.8. The Morgan fingerprint density at radius 3 is 2.50 bits per heavy atom. The van der Waals surface area contributed by atoms with Crippen LogP contribution in [-0.2, 0) is 10.0 Å². The van der Waals surface area contributed by atoms with Gasteiger partial charge in [-0.2, -0.15) is 0 Å². The summed E-state index contributed by atoms with van der Waals surface area (Å²) in [6.45, 7) is 1.86. The molecule has 36 heavy (non-hydrogen) atoms. The number of likely N-dealkylation sites (tertiary alicyclic amines) is 1. The molecule has 10 heteroatoms. The first-order valence-electron chi connectivity index (χ1n) is 11.7. The van der Waals surface area contributed by atoms with Crippen LogP contribution < -0.4 is 15.4 Å². The summed E-state index contributed by atoms with van der Waals surface area (Å²) in [4.78, 5) is 19.0. The quantitative estimate of drug-likeness (QED) is 0.369. The zero-order valence-corrected chi connectivity index (χ0v) is 20.9. The molecular weight excluding hydrogens is 476 g/mol. The smallest absolute Gasteiger partial charge is 0.319 e. The van der Waals surface area contributed by atoms with Crippen molar-refractivity contribution in [2.75, 3.05) is 36.4 Å². The highest BCUT2D eigenvalue weighted by Gasteiger charge is 2.21. The zero-order valence-electron chi connectivity index (χ0n) is 20.1. The minimum atomic E-state index is -3.37. The van der Waals surface area contributed by atoms with Gasteiger partial charge in [-0.1, -0.05) is 24.3 Å². The number of fused-ring (bicyclic) bond motifs is 1. The van der Waals surface area contributed by atoms with Crippen molar-refractivity contribution in [1.82, 2.24) is 19.8 Å². The van der Waals surface area contributed by atoms with Crippen molar-refractivity contribution in [2.45, 2.75) is 12.5 Å². The third-order valence-electron chi connectivity index (χ3n) is 6.18. The van der Waals surface area contributed by atoms with Crippen LogP contribution >= 0.6 is 0 Å². The van der Waals surface area contributed by atoms with E-state index < -0.39 is 10.0 Å². The van der Waals surface area contributed by atoms with E-state index in [9.17, 15) is 13.2 Å². The van der Waals surface area contributed by atoms with Gasteiger partial charge in [-0.3, -0.25) is 9.29 Å². The fourth-order valence-corrected chi connectivity index (χ4v) is 5.03. The Labute approximate surface area is 210 Å². The highest BCUT2D eigenvalue weighted by atomic mass is 32.2. The minimum Gasteiger partial charge on any atom is -0.334 e. The summed E-state index contributed by atoms with van der Waals surface area (Å²) in [5, 5.41) is 5.93. The number of aromatic nitrogens is 2. The summed E-state index contributed by atoms with van der Waals surface area (Å²) in [7, 11) is -1.32. The van der Waals surface area contributed by atoms with Gasteiger partial charge in [-0.05, 0) is 73.6 Å². The van der Waals surface area contributed by atoms with Crippen LogP contribution in [0.1, 0.15) is 6.42 Å². The molecule has 9 nitrogen and oxygen atoms in total. The Morgan fingerprint density at radius 2 is 1.78 bits per heavy atom. The third-order valence-corrected chi connectivity index (χ3v) is 6.78. The lowest BCUT2D eigenvalue weighted by Crippen LogP contribution is -2.39. The molecule has 1 saturated heterocycles. The number of nitrogens with zero attached hydrogens (tertiary/aromatic N) is 3. The number of urea groups is 1. The molecule has 1 unspecified atom stereocenters. The number of hydrogen-bond acceptors (Lipinski definition) is 5. The van der Waals surface area contributed by atoms with Crippen molar-refractivity contribution >= 4 is 38.5 Å². The van der Waals surface area contributed by atoms with Gasteiger partial charge in [0.2, 0.25) is 10.0 Å². The summed E-state index contributed by atoms with van der Waals surface area (Å²) in [5.41, 5.74) is 5.73. The number of benzene rings is 3. The van der Waals surface area contributed by atoms with E-state index in [4.69, 9.17) is 0 Å². The highest BCUT2D eigenvalue weighted by Crippen LogP contribution is 2.27. The predicted octanol–water partition coefficient (Wildman–Crippen LogP) is 3.89. The van der Waals surface area contributed by atoms with Crippen molar-refractivity contribution in [3.8, 4) is 16.8 Å². The van der Waals surface area contributed by atoms with E-state index in [1.165, 1.54) is 0 Å². The normalized spacial score (nSPS) is 16.2. The topological polar surface area (TPSA) is 108 Å². The summed E-state index contributed by atoms with van der Waals surface area (Å²) < 4.78 is 27.7. The van der Waals surface area contributed by atoms with Gasteiger partial charge in [0.15, 0.2) is 0 Å². The number of rotatable bonds is 6. The maximum Gasteiger partial charge on any atom is 0.319 e. The van der Waals surface area contributed by atoms with E-state index in [0.29, 0.717) is 5.69 Å². The van der Waals surface area contributed by atoms with Gasteiger partial charge in [0.05, 0.1) is 23.0 Å². The highest BCUT2D eigenvalue weighted by molar-refractivity contribution is 7.92. The molecule has 1 atom stereocenters. The van der Waals surface area contributed by atoms with Gasteiger partial charge in [0, 0.05) is 24.0 Å². The Kier molecular flexibility index (Phi) is 6.38. The molecule has 0 spiro atoms. The van der Waals surface area contributed by atoms with Gasteiger partial charge in [-0.15, -0.1) is 0 Å². The average molecular weight is 505 g/mol. The second-order valence-electron chi connectivity index (χ2n) is 9.17. The molecule has 3 N–H and O–H groups in total. The van der Waals surface area contributed by atoms with E-state index in [1.807, 2.05) is 53.1 Å². The van der Waals surface area contributed by atoms with Crippen LogP contribution in [-0.4, -0.2) is 61.3 Å². The molecule has 0 aliphatic carbocycles. The first-order valence-corrected chi connectivity index (χ1v) is 13.5. The van der Waals surface area contributed by atoms with Gasteiger partial charge >= 0.3 is 6.03 Å². The number of nitrogens with one attached hydrogen (secondary N) is 3. The standard InChI is InChI=1S/C26H28N6O3S/c1-31-13-12-22(16-31)29-26(33)28-20-9-6-18(7-10-20)19-8-11-24-25(14-19)32(17-27-24)23-5-3-4-21(15-23)30-36(2,34)35/h3-11,14-15,17,22,30H,12-13,16H2,1-2H3,(H2,28,29,33). The van der Waals surface area contributed by atoms with Crippen LogP contribution in [0.4, 0.5) is 16.2 Å². The maximum atomic E-state index is 12.3. The lowest BCUT2D eigenvalue weighted by molar-refractivity contribution is 0.248. The van der Waals surface area contributed by atoms with Crippen LogP contribution in [0.3, 0.4) is 0 Å². The van der Waals surface area contributed by atoms with Crippen molar-refractivity contribution in [3.05, 3.63) is 73.1 Å². The number of imidazole rings is 1. The van der Waals surface area contributed by atoms with E-state index in [-0.39, 0.29) is 12.1 Å². The fraction of sp³-hybridized carbons (Fsp3) is 0.231. The van der Waals surface area contributed by atoms with E-state index in [2.05, 4.69) is 32.3 Å². The molecule has 4 aromatic rings. The van der Waals surface area contributed by atoms with E-state index in [0.717, 1.165) is 59.3 Å². The number of carbonyl (C=O) groups excluding carboxylic acids is 1. The monoisotopic (exact) mass is 504 g/mol. The molecule has 2 heterocycles. The van der Waals surface area contributed by atoms with Crippen molar-refractivity contribution in [1.29, 1.82) is 0 Å². The number of likely N-dealkylation sites (N-methyl/N-ethyl adjacent to an activating group) is 1. The van der Waals surface area contributed by atoms with Gasteiger partial charge in [0.25, 0.3) is 0 Å². The minimum absolute atomic E-state index is 0.175. The Hall–Kier alpha value is -3.89. The van der Waals surface area contributed by atoms with Gasteiger partial charge in [-0.25, -0.2) is 18.2 Å². The SMILES string of the molecule is CN1CCC(NC(=O)Nc2ccc(-c3ccc4ncn(-c5cccc(NS(C)(=O)=O)c5)c4c3)cc2)C1. The van der Waals surface area contributed by atoms with Crippen LogP contribution in [0.15, 0.2) is 73.1 Å². The van der Waals surface area contributed by atoms with Gasteiger partial charge < -0.3 is 15.5 Å². The third kappa shape index (κ3) is 5.50. The molecule has 1 fully saturated rings. The zero-order chi connectivity index (χ0) is 25.3. The van der Waals surface area contributed by atoms with Crippen LogP contribution in [0, 0.1) is 0 Å². The molecule has 3 aromatic carbocycles. The van der Waals surface area contributed by atoms with Crippen molar-refractivity contribution < 1.29 is 13.2 Å². The van der Waals surface area contributed by atoms with E-state index >= 15 is 0 Å². The molecular formula is C26H28N6O3S. The van der Waals surface area contributed by atoms with Gasteiger partial charge in [0.1, 0.15) is 6.33 Å². The molecule has 2 amide bonds. The number of carbonyl (C=O) groups is 1. The van der Waals surface area contributed by atoms with E-state index in [1.54, 1.807) is 24.5 Å². The average Bonchev–Trinajstić information content (AvgIpc) is 3.44. The Balaban J connectivity index is 1.35. The molecule has 5 rings (SSSR count). The molecule has 0 saturated carbocycles. The summed E-state index contributed by atoms with van der Waals surface area (Å²) >= 11 is 0. The maximum absolute atomic E-state index is 12.3. The Morgan fingerprint density at radius 1 is 1.00 bits per heavy atom. The second kappa shape index (κ2) is 9.63. The second-order valence-corrected chi connectivity index (χ2v) is 10.9. The predicted molar refractivity (Wildman–Crippen MR) is 143 cm³/mol. The largest absolute Gasteiger partial charge is 0.334 e. The molecule has 0 radical (unpaired) electrons. The van der Waals surface area contributed by atoms with Crippen LogP contribution in [0.25, 0.3) is 27.8 Å². The lowest BCUT2D eigenvalue weighted by atomic mass is 10.0.